The Kier molecular flexibility index (Phi) is 5.89. The van der Waals surface area contributed by atoms with Crippen LogP contribution in [-0.2, 0) is 9.59 Å². The van der Waals surface area contributed by atoms with Gasteiger partial charge in [-0.2, -0.15) is 0 Å². The average molecular weight is 462 g/mol. The van der Waals surface area contributed by atoms with E-state index in [1.165, 1.54) is 0 Å². The number of nitrogen functional groups attached to an aromatic ring is 1. The Balaban J connectivity index is 1.49. The zero-order valence-electron chi connectivity index (χ0n) is 17.9. The van der Waals surface area contributed by atoms with E-state index in [1.54, 1.807) is 54.6 Å². The number of carbonyl (C=O) groups is 3. The van der Waals surface area contributed by atoms with Gasteiger partial charge in [-0.15, -0.1) is 0 Å². The minimum absolute atomic E-state index is 0.0288. The Bertz CT molecular complexity index is 1300. The lowest BCUT2D eigenvalue weighted by molar-refractivity contribution is -0.120. The van der Waals surface area contributed by atoms with Crippen molar-refractivity contribution in [2.75, 3.05) is 16.0 Å². The Labute approximate surface area is 195 Å². The van der Waals surface area contributed by atoms with Gasteiger partial charge in [-0.25, -0.2) is 9.69 Å². The second-order valence-electron chi connectivity index (χ2n) is 7.59. The van der Waals surface area contributed by atoms with Crippen molar-refractivity contribution in [3.8, 4) is 5.75 Å². The first kappa shape index (κ1) is 22.1. The molecule has 7 nitrogen and oxygen atoms in total. The van der Waals surface area contributed by atoms with Crippen LogP contribution >= 0.6 is 11.6 Å². The molecule has 166 valence electrons. The fourth-order valence-corrected chi connectivity index (χ4v) is 3.63. The van der Waals surface area contributed by atoms with Crippen molar-refractivity contribution >= 4 is 46.4 Å². The molecule has 2 amide bonds. The van der Waals surface area contributed by atoms with E-state index >= 15 is 0 Å². The van der Waals surface area contributed by atoms with Crippen LogP contribution in [0.3, 0.4) is 0 Å². The molecule has 1 aliphatic rings. The van der Waals surface area contributed by atoms with Crippen LogP contribution in [0.15, 0.2) is 77.5 Å². The molecule has 3 aromatic carbocycles. The van der Waals surface area contributed by atoms with Crippen LogP contribution in [0, 0.1) is 13.8 Å². The third-order valence-electron chi connectivity index (χ3n) is 5.10. The summed E-state index contributed by atoms with van der Waals surface area (Å²) < 4.78 is 5.31. The smallest absolute Gasteiger partial charge is 0.343 e. The number of aryl methyl sites for hydroxylation is 2. The molecule has 0 saturated heterocycles. The number of ether oxygens (including phenoxy) is 1. The van der Waals surface area contributed by atoms with E-state index in [2.05, 4.69) is 5.32 Å². The van der Waals surface area contributed by atoms with Gasteiger partial charge in [-0.05, 0) is 74.0 Å². The van der Waals surface area contributed by atoms with Crippen LogP contribution < -0.4 is 20.7 Å². The number of amides is 2. The number of hydrogen-bond donors (Lipinski definition) is 2. The lowest BCUT2D eigenvalue weighted by atomic mass is 10.1. The fraction of sp³-hybridized carbons (Fsp3) is 0.0800. The largest absolute Gasteiger partial charge is 0.423 e. The molecule has 0 radical (unpaired) electrons. The van der Waals surface area contributed by atoms with Crippen molar-refractivity contribution < 1.29 is 19.1 Å². The third-order valence-corrected chi connectivity index (χ3v) is 5.45. The van der Waals surface area contributed by atoms with Crippen molar-refractivity contribution in [1.29, 1.82) is 0 Å². The summed E-state index contributed by atoms with van der Waals surface area (Å²) >= 11 is 6.21. The molecular formula is C25H20ClN3O4. The predicted octanol–water partition coefficient (Wildman–Crippen LogP) is 4.54. The number of nitrogens with two attached hydrogens (primary N) is 1. The quantitative estimate of drug-likeness (QED) is 0.250. The number of benzene rings is 3. The van der Waals surface area contributed by atoms with Crippen LogP contribution in [0.1, 0.15) is 21.5 Å². The lowest BCUT2D eigenvalue weighted by Gasteiger charge is -2.18. The van der Waals surface area contributed by atoms with E-state index < -0.39 is 17.8 Å². The molecule has 4 rings (SSSR count). The van der Waals surface area contributed by atoms with Crippen molar-refractivity contribution in [2.24, 2.45) is 0 Å². The Hall–Kier alpha value is -4.10. The van der Waals surface area contributed by atoms with Crippen LogP contribution in [0.25, 0.3) is 0 Å². The summed E-state index contributed by atoms with van der Waals surface area (Å²) in [5, 5.41) is 2.69. The minimum atomic E-state index is -0.597. The molecule has 3 N–H and O–H groups in total. The van der Waals surface area contributed by atoms with Crippen molar-refractivity contribution in [1.82, 2.24) is 0 Å². The van der Waals surface area contributed by atoms with Gasteiger partial charge in [0.1, 0.15) is 16.5 Å². The Morgan fingerprint density at radius 2 is 1.61 bits per heavy atom. The van der Waals surface area contributed by atoms with Gasteiger partial charge in [0.2, 0.25) is 0 Å². The summed E-state index contributed by atoms with van der Waals surface area (Å²) in [4.78, 5) is 39.1. The molecule has 0 aliphatic carbocycles. The van der Waals surface area contributed by atoms with Crippen molar-refractivity contribution in [2.45, 2.75) is 13.8 Å². The molecule has 0 atom stereocenters. The summed E-state index contributed by atoms with van der Waals surface area (Å²) in [5.41, 5.74) is 9.23. The summed E-state index contributed by atoms with van der Waals surface area (Å²) in [6.07, 6.45) is 0. The minimum Gasteiger partial charge on any atom is -0.423 e. The van der Waals surface area contributed by atoms with E-state index in [0.29, 0.717) is 28.4 Å². The maximum absolute atomic E-state index is 13.0. The first-order chi connectivity index (χ1) is 15.7. The first-order valence-corrected chi connectivity index (χ1v) is 10.4. The number of esters is 1. The van der Waals surface area contributed by atoms with Crippen LogP contribution in [0.5, 0.6) is 5.75 Å². The van der Waals surface area contributed by atoms with Gasteiger partial charge in [-0.1, -0.05) is 29.3 Å². The van der Waals surface area contributed by atoms with Crippen LogP contribution in [0.2, 0.25) is 0 Å². The molecular weight excluding hydrogens is 442 g/mol. The molecule has 0 saturated carbocycles. The highest BCUT2D eigenvalue weighted by atomic mass is 35.5. The highest BCUT2D eigenvalue weighted by molar-refractivity contribution is 6.53. The van der Waals surface area contributed by atoms with Gasteiger partial charge in [0, 0.05) is 11.4 Å². The van der Waals surface area contributed by atoms with Gasteiger partial charge in [-0.3, -0.25) is 9.59 Å². The van der Waals surface area contributed by atoms with Gasteiger partial charge in [0.05, 0.1) is 11.3 Å². The normalized spacial score (nSPS) is 13.5. The molecule has 33 heavy (non-hydrogen) atoms. The van der Waals surface area contributed by atoms with E-state index in [9.17, 15) is 14.4 Å². The second kappa shape index (κ2) is 8.80. The maximum Gasteiger partial charge on any atom is 0.343 e. The van der Waals surface area contributed by atoms with Gasteiger partial charge >= 0.3 is 5.97 Å². The van der Waals surface area contributed by atoms with Crippen molar-refractivity contribution in [3.05, 3.63) is 94.1 Å². The third kappa shape index (κ3) is 4.44. The number of hydrogen-bond acceptors (Lipinski definition) is 6. The summed E-state index contributed by atoms with van der Waals surface area (Å²) in [7, 11) is 0. The number of carbonyl (C=O) groups excluding carboxylic acids is 3. The topological polar surface area (TPSA) is 102 Å². The Morgan fingerprint density at radius 3 is 2.24 bits per heavy atom. The number of rotatable bonds is 5. The summed E-state index contributed by atoms with van der Waals surface area (Å²) in [5.74, 6) is -1.32. The second-order valence-corrected chi connectivity index (χ2v) is 7.96. The number of nitrogens with one attached hydrogen (secondary N) is 1. The van der Waals surface area contributed by atoms with E-state index in [4.69, 9.17) is 22.1 Å². The maximum atomic E-state index is 13.0. The fourth-order valence-electron chi connectivity index (χ4n) is 3.42. The standard InChI is InChI=1S/C25H20ClN3O4/c1-14-3-12-20(15(2)13-14)29-23(30)21(26)22(24(29)31)28-18-8-4-16(5-9-18)25(32)33-19-10-6-17(27)7-11-19/h3-13,28H,27H2,1-2H3. The zero-order chi connectivity index (χ0) is 23.7. The van der Waals surface area contributed by atoms with Crippen LogP contribution in [-0.4, -0.2) is 17.8 Å². The van der Waals surface area contributed by atoms with E-state index in [0.717, 1.165) is 16.0 Å². The molecule has 1 heterocycles. The molecule has 1 aliphatic heterocycles. The highest BCUT2D eigenvalue weighted by Crippen LogP contribution is 2.32. The molecule has 0 aromatic heterocycles. The van der Waals surface area contributed by atoms with E-state index in [1.807, 2.05) is 26.0 Å². The van der Waals surface area contributed by atoms with Gasteiger partial charge in [0.15, 0.2) is 0 Å². The lowest BCUT2D eigenvalue weighted by Crippen LogP contribution is -2.32. The van der Waals surface area contributed by atoms with Crippen LogP contribution in [0.4, 0.5) is 17.1 Å². The number of anilines is 3. The molecule has 0 bridgehead atoms. The van der Waals surface area contributed by atoms with Crippen molar-refractivity contribution in [3.63, 3.8) is 0 Å². The Morgan fingerprint density at radius 1 is 0.939 bits per heavy atom. The number of nitrogens with zero attached hydrogens (tertiary/aromatic N) is 1. The summed E-state index contributed by atoms with van der Waals surface area (Å²) in [6, 6.07) is 18.2. The highest BCUT2D eigenvalue weighted by Gasteiger charge is 2.39. The SMILES string of the molecule is Cc1ccc(N2C(=O)C(Cl)=C(Nc3ccc(C(=O)Oc4ccc(N)cc4)cc3)C2=O)c(C)c1. The van der Waals surface area contributed by atoms with Gasteiger partial charge in [0.25, 0.3) is 11.8 Å². The zero-order valence-corrected chi connectivity index (χ0v) is 18.6. The predicted molar refractivity (Wildman–Crippen MR) is 127 cm³/mol. The summed E-state index contributed by atoms with van der Waals surface area (Å²) in [6.45, 7) is 3.75. The first-order valence-electron chi connectivity index (χ1n) is 10.0. The molecule has 3 aromatic rings. The number of imide groups is 1. The molecule has 0 spiro atoms. The number of halogens is 1. The van der Waals surface area contributed by atoms with E-state index in [-0.39, 0.29) is 10.7 Å². The van der Waals surface area contributed by atoms with Gasteiger partial charge < -0.3 is 15.8 Å². The molecule has 0 unspecified atom stereocenters. The average Bonchev–Trinajstić information content (AvgIpc) is 2.99. The molecule has 0 fully saturated rings. The molecule has 8 heteroatoms. The monoisotopic (exact) mass is 461 g/mol.